The van der Waals surface area contributed by atoms with Gasteiger partial charge in [-0.15, -0.1) is 13.2 Å². The summed E-state index contributed by atoms with van der Waals surface area (Å²) in [7, 11) is 0. The fraction of sp³-hybridized carbons (Fsp3) is 0.100. The molecule has 0 unspecified atom stereocenters. The summed E-state index contributed by atoms with van der Waals surface area (Å²) >= 11 is 11.6. The Bertz CT molecular complexity index is 571. The number of alkyl halides is 3. The van der Waals surface area contributed by atoms with E-state index in [1.165, 1.54) is 12.3 Å². The van der Waals surface area contributed by atoms with E-state index >= 15 is 0 Å². The lowest BCUT2D eigenvalue weighted by molar-refractivity contribution is -0.274. The normalized spacial score (nSPS) is 11.8. The van der Waals surface area contributed by atoms with Crippen LogP contribution in [0.1, 0.15) is 0 Å². The maximum Gasteiger partial charge on any atom is 0.573 e. The van der Waals surface area contributed by atoms with Crippen molar-refractivity contribution in [2.24, 2.45) is 0 Å². The van der Waals surface area contributed by atoms with E-state index < -0.39 is 6.36 Å². The zero-order valence-electron chi connectivity index (χ0n) is 8.05. The summed E-state index contributed by atoms with van der Waals surface area (Å²) in [6, 6.07) is 3.67. The SMILES string of the molecule is FC(F)(F)Oc1ccc2c(Cl)c(Cl)cnc2c1. The van der Waals surface area contributed by atoms with E-state index in [-0.39, 0.29) is 21.3 Å². The molecule has 0 amide bonds. The van der Waals surface area contributed by atoms with Crippen LogP contribution in [0.4, 0.5) is 13.2 Å². The monoisotopic (exact) mass is 281 g/mol. The van der Waals surface area contributed by atoms with Crippen molar-refractivity contribution >= 4 is 34.1 Å². The number of hydrogen-bond acceptors (Lipinski definition) is 2. The Morgan fingerprint density at radius 2 is 1.88 bits per heavy atom. The maximum absolute atomic E-state index is 12.0. The largest absolute Gasteiger partial charge is 0.573 e. The van der Waals surface area contributed by atoms with Crippen molar-refractivity contribution in [3.05, 3.63) is 34.4 Å². The Morgan fingerprint density at radius 3 is 2.53 bits per heavy atom. The minimum Gasteiger partial charge on any atom is -0.406 e. The first-order chi connectivity index (χ1) is 7.87. The summed E-state index contributed by atoms with van der Waals surface area (Å²) in [6.45, 7) is 0. The second kappa shape index (κ2) is 4.23. The van der Waals surface area contributed by atoms with E-state index in [4.69, 9.17) is 23.2 Å². The third kappa shape index (κ3) is 2.73. The molecule has 0 saturated heterocycles. The van der Waals surface area contributed by atoms with Crippen LogP contribution in [0.5, 0.6) is 5.75 Å². The number of ether oxygens (including phenoxy) is 1. The average molecular weight is 282 g/mol. The van der Waals surface area contributed by atoms with Crippen LogP contribution >= 0.6 is 23.2 Å². The molecule has 0 bridgehead atoms. The van der Waals surface area contributed by atoms with Crippen LogP contribution in [0.25, 0.3) is 10.9 Å². The van der Waals surface area contributed by atoms with E-state index in [2.05, 4.69) is 9.72 Å². The lowest BCUT2D eigenvalue weighted by Gasteiger charge is -2.09. The van der Waals surface area contributed by atoms with Crippen LogP contribution in [0.3, 0.4) is 0 Å². The van der Waals surface area contributed by atoms with Gasteiger partial charge in [0.1, 0.15) is 5.75 Å². The van der Waals surface area contributed by atoms with Gasteiger partial charge in [-0.3, -0.25) is 4.98 Å². The molecule has 0 aliphatic rings. The molecule has 17 heavy (non-hydrogen) atoms. The minimum absolute atomic E-state index is 0.239. The molecular formula is C10H4Cl2F3NO. The second-order valence-electron chi connectivity index (χ2n) is 3.15. The van der Waals surface area contributed by atoms with Gasteiger partial charge in [0.25, 0.3) is 0 Å². The molecule has 0 radical (unpaired) electrons. The summed E-state index contributed by atoms with van der Waals surface area (Å²) in [5.41, 5.74) is 0.279. The first kappa shape index (κ1) is 12.3. The molecule has 1 aromatic heterocycles. The molecule has 0 aliphatic heterocycles. The topological polar surface area (TPSA) is 22.1 Å². The zero-order valence-corrected chi connectivity index (χ0v) is 9.57. The van der Waals surface area contributed by atoms with Crippen LogP contribution < -0.4 is 4.74 Å². The van der Waals surface area contributed by atoms with Crippen LogP contribution in [-0.4, -0.2) is 11.3 Å². The van der Waals surface area contributed by atoms with Crippen molar-refractivity contribution in [2.45, 2.75) is 6.36 Å². The van der Waals surface area contributed by atoms with Gasteiger partial charge in [0.15, 0.2) is 0 Å². The molecule has 0 saturated carbocycles. The third-order valence-corrected chi connectivity index (χ3v) is 2.76. The predicted molar refractivity (Wildman–Crippen MR) is 58.4 cm³/mol. The molecular weight excluding hydrogens is 278 g/mol. The highest BCUT2D eigenvalue weighted by atomic mass is 35.5. The Labute approximate surface area is 104 Å². The number of halogens is 5. The molecule has 7 heteroatoms. The molecule has 1 aromatic carbocycles. The van der Waals surface area contributed by atoms with Crippen molar-refractivity contribution in [1.82, 2.24) is 4.98 Å². The summed E-state index contributed by atoms with van der Waals surface area (Å²) in [5.74, 6) is -0.351. The van der Waals surface area contributed by atoms with Gasteiger partial charge >= 0.3 is 6.36 Å². The van der Waals surface area contributed by atoms with Crippen molar-refractivity contribution in [2.75, 3.05) is 0 Å². The van der Waals surface area contributed by atoms with Gasteiger partial charge in [0, 0.05) is 17.6 Å². The number of hydrogen-bond donors (Lipinski definition) is 0. The van der Waals surface area contributed by atoms with Gasteiger partial charge in [-0.25, -0.2) is 0 Å². The number of fused-ring (bicyclic) bond motifs is 1. The van der Waals surface area contributed by atoms with Gasteiger partial charge < -0.3 is 4.74 Å². The van der Waals surface area contributed by atoms with Crippen molar-refractivity contribution in [1.29, 1.82) is 0 Å². The molecule has 0 N–H and O–H groups in total. The van der Waals surface area contributed by atoms with E-state index in [9.17, 15) is 13.2 Å². The molecule has 0 spiro atoms. The molecule has 2 aromatic rings. The van der Waals surface area contributed by atoms with E-state index in [1.54, 1.807) is 0 Å². The van der Waals surface area contributed by atoms with Gasteiger partial charge in [-0.05, 0) is 12.1 Å². The van der Waals surface area contributed by atoms with Crippen LogP contribution in [-0.2, 0) is 0 Å². The lowest BCUT2D eigenvalue weighted by atomic mass is 10.2. The van der Waals surface area contributed by atoms with Crippen molar-refractivity contribution in [3.63, 3.8) is 0 Å². The first-order valence-electron chi connectivity index (χ1n) is 4.36. The molecule has 0 fully saturated rings. The molecule has 2 nitrogen and oxygen atoms in total. The molecule has 0 aliphatic carbocycles. The number of rotatable bonds is 1. The van der Waals surface area contributed by atoms with Crippen molar-refractivity contribution in [3.8, 4) is 5.75 Å². The third-order valence-electron chi connectivity index (χ3n) is 1.97. The van der Waals surface area contributed by atoms with E-state index in [0.29, 0.717) is 5.39 Å². The van der Waals surface area contributed by atoms with Crippen LogP contribution in [0, 0.1) is 0 Å². The summed E-state index contributed by atoms with van der Waals surface area (Å²) in [6.07, 6.45) is -3.46. The standard InChI is InChI=1S/C10H4Cl2F3NO/c11-7-4-16-8-3-5(17-10(13,14)15)1-2-6(8)9(7)12/h1-4H. The molecule has 0 atom stereocenters. The first-order valence-corrected chi connectivity index (χ1v) is 5.12. The van der Waals surface area contributed by atoms with Gasteiger partial charge in [-0.2, -0.15) is 0 Å². The Kier molecular flexibility index (Phi) is 3.05. The number of nitrogens with zero attached hydrogens (tertiary/aromatic N) is 1. The smallest absolute Gasteiger partial charge is 0.406 e. The quantitative estimate of drug-likeness (QED) is 0.771. The van der Waals surface area contributed by atoms with Crippen LogP contribution in [0.15, 0.2) is 24.4 Å². The Hall–Kier alpha value is -1.20. The molecule has 90 valence electrons. The summed E-state index contributed by atoms with van der Waals surface area (Å²) in [4.78, 5) is 3.87. The number of benzene rings is 1. The molecule has 2 rings (SSSR count). The highest BCUT2D eigenvalue weighted by Crippen LogP contribution is 2.32. The maximum atomic E-state index is 12.0. The van der Waals surface area contributed by atoms with Crippen molar-refractivity contribution < 1.29 is 17.9 Å². The second-order valence-corrected chi connectivity index (χ2v) is 3.93. The fourth-order valence-electron chi connectivity index (χ4n) is 1.31. The Morgan fingerprint density at radius 1 is 1.18 bits per heavy atom. The zero-order chi connectivity index (χ0) is 12.6. The minimum atomic E-state index is -4.73. The predicted octanol–water partition coefficient (Wildman–Crippen LogP) is 4.44. The fourth-order valence-corrected chi connectivity index (χ4v) is 1.67. The lowest BCUT2D eigenvalue weighted by Crippen LogP contribution is -2.17. The summed E-state index contributed by atoms with van der Waals surface area (Å²) < 4.78 is 39.7. The van der Waals surface area contributed by atoms with Gasteiger partial charge in [0.05, 0.1) is 15.6 Å². The van der Waals surface area contributed by atoms with Crippen LogP contribution in [0.2, 0.25) is 10.0 Å². The summed E-state index contributed by atoms with van der Waals surface area (Å²) in [5, 5.41) is 0.951. The van der Waals surface area contributed by atoms with E-state index in [1.807, 2.05) is 0 Å². The van der Waals surface area contributed by atoms with Gasteiger partial charge in [-0.1, -0.05) is 23.2 Å². The molecule has 1 heterocycles. The Balaban J connectivity index is 2.49. The highest BCUT2D eigenvalue weighted by Gasteiger charge is 2.31. The number of pyridine rings is 1. The van der Waals surface area contributed by atoms with Gasteiger partial charge in [0.2, 0.25) is 0 Å². The number of aromatic nitrogens is 1. The van der Waals surface area contributed by atoms with E-state index in [0.717, 1.165) is 12.1 Å². The average Bonchev–Trinajstić information content (AvgIpc) is 2.21. The highest BCUT2D eigenvalue weighted by molar-refractivity contribution is 6.45.